The monoisotopic (exact) mass is 863 g/mol. The average molecular weight is 865 g/mol. The Morgan fingerprint density at radius 1 is 0.807 bits per heavy atom. The van der Waals surface area contributed by atoms with Gasteiger partial charge < -0.3 is 48.9 Å². The Bertz CT molecular complexity index is 1610. The highest BCUT2D eigenvalue weighted by Crippen LogP contribution is 2.38. The molecule has 0 saturated carbocycles. The second-order valence-corrected chi connectivity index (χ2v) is 16.1. The lowest BCUT2D eigenvalue weighted by atomic mass is 9.85. The minimum Gasteiger partial charge on any atom is -0.382 e. The van der Waals surface area contributed by atoms with E-state index in [4.69, 9.17) is 51.6 Å². The van der Waals surface area contributed by atoms with Crippen LogP contribution in [0.15, 0.2) is 41.3 Å². The molecule has 3 unspecified atom stereocenters. The third kappa shape index (κ3) is 18.2. The number of benzene rings is 2. The number of halogens is 2. The van der Waals surface area contributed by atoms with Gasteiger partial charge in [-0.1, -0.05) is 48.7 Å². The third-order valence-corrected chi connectivity index (χ3v) is 10.9. The van der Waals surface area contributed by atoms with Crippen molar-refractivity contribution >= 4 is 44.9 Å². The third-order valence-electron chi connectivity index (χ3n) is 8.89. The number of aliphatic hydroxyl groups is 2. The summed E-state index contributed by atoms with van der Waals surface area (Å²) in [6.07, 6.45) is -1.36. The summed E-state index contributed by atoms with van der Waals surface area (Å²) in [6, 6.07) is 10.5. The highest BCUT2D eigenvalue weighted by Gasteiger charge is 2.30. The smallest absolute Gasteiger partial charge is 0.252 e. The Balaban J connectivity index is 1.18. The maximum Gasteiger partial charge on any atom is 0.252 e. The average Bonchev–Trinajstić information content (AvgIpc) is 3.19. The predicted molar refractivity (Wildman–Crippen MR) is 215 cm³/mol. The minimum atomic E-state index is -3.79. The van der Waals surface area contributed by atoms with Gasteiger partial charge >= 0.3 is 0 Å². The molecule has 3 rings (SSSR count). The molecule has 0 saturated heterocycles. The second kappa shape index (κ2) is 27.5. The lowest BCUT2D eigenvalue weighted by molar-refractivity contribution is -0.145. The summed E-state index contributed by atoms with van der Waals surface area (Å²) in [5.41, 5.74) is 2.83. The summed E-state index contributed by atoms with van der Waals surface area (Å²) in [5.74, 6) is -1.64. The van der Waals surface area contributed by atoms with Crippen molar-refractivity contribution in [3.8, 4) is 0 Å². The van der Waals surface area contributed by atoms with E-state index in [1.54, 1.807) is 24.3 Å². The highest BCUT2D eigenvalue weighted by molar-refractivity contribution is 7.89. The first kappa shape index (κ1) is 49.1. The van der Waals surface area contributed by atoms with Crippen LogP contribution in [0, 0.1) is 0 Å². The van der Waals surface area contributed by atoms with Crippen LogP contribution < -0.4 is 10.0 Å². The van der Waals surface area contributed by atoms with Gasteiger partial charge in [0.05, 0.1) is 71.0 Å². The van der Waals surface area contributed by atoms with Gasteiger partial charge in [-0.2, -0.15) is 0 Å². The van der Waals surface area contributed by atoms with Gasteiger partial charge in [-0.3, -0.25) is 9.59 Å². The van der Waals surface area contributed by atoms with Crippen LogP contribution in [0.2, 0.25) is 10.0 Å². The summed E-state index contributed by atoms with van der Waals surface area (Å²) in [4.78, 5) is 26.6. The van der Waals surface area contributed by atoms with Crippen molar-refractivity contribution in [1.29, 1.82) is 0 Å². The van der Waals surface area contributed by atoms with Gasteiger partial charge in [-0.15, -0.1) is 0 Å². The van der Waals surface area contributed by atoms with Gasteiger partial charge in [0.15, 0.2) is 11.9 Å². The van der Waals surface area contributed by atoms with E-state index in [1.165, 1.54) is 0 Å². The zero-order valence-corrected chi connectivity index (χ0v) is 35.3. The zero-order chi connectivity index (χ0) is 41.5. The first-order valence-corrected chi connectivity index (χ1v) is 21.6. The van der Waals surface area contributed by atoms with Gasteiger partial charge in [0.2, 0.25) is 10.0 Å². The fraction of sp³-hybridized carbons (Fsp3) is 0.641. The van der Waals surface area contributed by atoms with Gasteiger partial charge in [-0.05, 0) is 60.8 Å². The number of rotatable bonds is 31. The van der Waals surface area contributed by atoms with Crippen molar-refractivity contribution in [3.05, 3.63) is 63.1 Å². The van der Waals surface area contributed by atoms with Crippen LogP contribution in [0.1, 0.15) is 55.2 Å². The lowest BCUT2D eigenvalue weighted by Gasteiger charge is -2.33. The molecule has 0 bridgehead atoms. The molecule has 0 spiro atoms. The Morgan fingerprint density at radius 2 is 1.39 bits per heavy atom. The number of hydrogen-bond donors (Lipinski definition) is 4. The number of nitrogens with one attached hydrogen (secondary N) is 2. The van der Waals surface area contributed by atoms with Crippen molar-refractivity contribution in [2.24, 2.45) is 0 Å². The first-order chi connectivity index (χ1) is 27.4. The van der Waals surface area contributed by atoms with Crippen LogP contribution in [0.3, 0.4) is 0 Å². The molecular formula is C39H59Cl2N3O12S. The maximum absolute atomic E-state index is 13.1. The molecule has 0 fully saturated rings. The number of aliphatic hydroxyl groups excluding tert-OH is 2. The van der Waals surface area contributed by atoms with Crippen LogP contribution in [-0.4, -0.2) is 153 Å². The Hall–Kier alpha value is -2.29. The van der Waals surface area contributed by atoms with E-state index in [0.29, 0.717) is 56.0 Å². The van der Waals surface area contributed by atoms with Crippen molar-refractivity contribution in [2.75, 3.05) is 106 Å². The molecule has 1 aliphatic rings. The molecule has 2 aromatic carbocycles. The van der Waals surface area contributed by atoms with Crippen molar-refractivity contribution in [3.63, 3.8) is 0 Å². The van der Waals surface area contributed by atoms with E-state index in [-0.39, 0.29) is 76.6 Å². The van der Waals surface area contributed by atoms with E-state index in [2.05, 4.69) is 21.9 Å². The van der Waals surface area contributed by atoms with E-state index < -0.39 is 33.9 Å². The van der Waals surface area contributed by atoms with E-state index in [1.807, 2.05) is 19.2 Å². The molecule has 0 aromatic heterocycles. The van der Waals surface area contributed by atoms with Crippen molar-refractivity contribution in [2.45, 2.75) is 62.2 Å². The summed E-state index contributed by atoms with van der Waals surface area (Å²) in [7, 11) is -1.80. The van der Waals surface area contributed by atoms with Gasteiger partial charge in [0.1, 0.15) is 6.10 Å². The topological polar surface area (TPSA) is 191 Å². The number of nitrogens with zero attached hydrogens (tertiary/aromatic N) is 1. The van der Waals surface area contributed by atoms with E-state index >= 15 is 0 Å². The van der Waals surface area contributed by atoms with Crippen LogP contribution >= 0.6 is 23.2 Å². The van der Waals surface area contributed by atoms with E-state index in [9.17, 15) is 28.2 Å². The van der Waals surface area contributed by atoms with Gasteiger partial charge in [0.25, 0.3) is 5.91 Å². The van der Waals surface area contributed by atoms with Crippen LogP contribution in [0.4, 0.5) is 0 Å². The van der Waals surface area contributed by atoms with Gasteiger partial charge in [-0.25, -0.2) is 13.1 Å². The molecular weight excluding hydrogens is 805 g/mol. The molecule has 18 heteroatoms. The standard InChI is InChI=1S/C39H59Cl2N3O12S/c1-3-4-12-51-16-20-55-21-17-52-13-6-9-36(45)37(46)38(47)39(48)42-10-14-53-18-22-56-23-19-54-15-11-43-57(49,50)31-8-5-7-29(24-31)33-27-44(2)28-34-32(33)25-30(40)26-35(34)41/h5,7-8,24-26,33,37-38,43,46-47H,3-4,6,9-23,27-28H2,1-2H3,(H,42,48). The lowest BCUT2D eigenvalue weighted by Crippen LogP contribution is -2.46. The Morgan fingerprint density at radius 3 is 2.02 bits per heavy atom. The molecule has 0 radical (unpaired) electrons. The van der Waals surface area contributed by atoms with Crippen LogP contribution in [0.25, 0.3) is 0 Å². The van der Waals surface area contributed by atoms with Crippen molar-refractivity contribution in [1.82, 2.24) is 14.9 Å². The second-order valence-electron chi connectivity index (χ2n) is 13.5. The summed E-state index contributed by atoms with van der Waals surface area (Å²) >= 11 is 12.8. The molecule has 322 valence electrons. The molecule has 57 heavy (non-hydrogen) atoms. The molecule has 1 aliphatic heterocycles. The SMILES string of the molecule is CCCCOCCOCCOCCCC(=O)C(O)C(O)C(=O)NCCOCCOCCOCCNS(=O)(=O)c1cccc(C2CN(C)Cc3c(Cl)cc(Cl)cc32)c1. The summed E-state index contributed by atoms with van der Waals surface area (Å²) in [5, 5.41) is 23.7. The van der Waals surface area contributed by atoms with Crippen LogP contribution in [0.5, 0.6) is 0 Å². The number of amides is 1. The predicted octanol–water partition coefficient (Wildman–Crippen LogP) is 2.94. The number of ketones is 1. The molecule has 2 aromatic rings. The molecule has 1 amide bonds. The number of Topliss-reactive ketones (excluding diaryl/α,β-unsaturated/α-hetero) is 1. The molecule has 4 N–H and O–H groups in total. The zero-order valence-electron chi connectivity index (χ0n) is 32.9. The van der Waals surface area contributed by atoms with E-state index in [0.717, 1.165) is 36.1 Å². The Kier molecular flexibility index (Phi) is 23.6. The fourth-order valence-electron chi connectivity index (χ4n) is 5.86. The number of carbonyl (C=O) groups excluding carboxylic acids is 2. The minimum absolute atomic E-state index is 0.0521. The normalized spacial score (nSPS) is 15.6. The molecule has 0 aliphatic carbocycles. The number of ether oxygens (including phenoxy) is 6. The number of likely N-dealkylation sites (N-methyl/N-ethyl adjacent to an activating group) is 1. The number of carbonyl (C=O) groups is 2. The Labute approximate surface area is 346 Å². The fourth-order valence-corrected chi connectivity index (χ4v) is 7.49. The highest BCUT2D eigenvalue weighted by atomic mass is 35.5. The first-order valence-electron chi connectivity index (χ1n) is 19.3. The van der Waals surface area contributed by atoms with Crippen LogP contribution in [-0.2, 0) is 54.6 Å². The number of unbranched alkanes of at least 4 members (excludes halogenated alkanes) is 1. The van der Waals surface area contributed by atoms with Gasteiger partial charge in [0, 0.05) is 61.8 Å². The largest absolute Gasteiger partial charge is 0.382 e. The molecule has 15 nitrogen and oxygen atoms in total. The quantitative estimate of drug-likeness (QED) is 0.0811. The summed E-state index contributed by atoms with van der Waals surface area (Å²) in [6.45, 7) is 7.59. The maximum atomic E-state index is 13.1. The molecule has 3 atom stereocenters. The molecule has 1 heterocycles. The number of fused-ring (bicyclic) bond motifs is 1. The van der Waals surface area contributed by atoms with Crippen molar-refractivity contribution < 1.29 is 56.6 Å². The number of hydrogen-bond acceptors (Lipinski definition) is 13. The number of sulfonamides is 1. The summed E-state index contributed by atoms with van der Waals surface area (Å²) < 4.78 is 61.2.